The minimum absolute atomic E-state index is 0.00437. The van der Waals surface area contributed by atoms with Crippen molar-refractivity contribution in [1.29, 1.82) is 0 Å². The number of anilines is 1. The quantitative estimate of drug-likeness (QED) is 0.203. The van der Waals surface area contributed by atoms with Crippen molar-refractivity contribution >= 4 is 29.2 Å². The summed E-state index contributed by atoms with van der Waals surface area (Å²) in [5.41, 5.74) is 8.81. The first-order valence-corrected chi connectivity index (χ1v) is 14.3. The van der Waals surface area contributed by atoms with Crippen LogP contribution in [0.1, 0.15) is 88.8 Å². The molecule has 9 nitrogen and oxygen atoms in total. The van der Waals surface area contributed by atoms with Crippen molar-refractivity contribution in [3.05, 3.63) is 47.5 Å². The van der Waals surface area contributed by atoms with Gasteiger partial charge in [-0.25, -0.2) is 15.0 Å². The minimum Gasteiger partial charge on any atom is -0.400 e. The molecule has 9 heteroatoms. The summed E-state index contributed by atoms with van der Waals surface area (Å²) < 4.78 is 2.36. The van der Waals surface area contributed by atoms with Gasteiger partial charge in [-0.1, -0.05) is 63.4 Å². The zero-order valence-corrected chi connectivity index (χ0v) is 23.7. The largest absolute Gasteiger partial charge is 0.400 e. The number of amides is 1. The fraction of sp³-hybridized carbons (Fsp3) is 0.567. The summed E-state index contributed by atoms with van der Waals surface area (Å²) in [5, 5.41) is 10.7. The van der Waals surface area contributed by atoms with E-state index in [1.165, 1.54) is 50.5 Å². The molecular formula is C30H43N7O2. The van der Waals surface area contributed by atoms with E-state index >= 15 is 0 Å². The number of aliphatic imine (C=N–C) groups is 1. The number of aliphatic hydroxyl groups excluding tert-OH is 1. The number of carbonyl (C=O) groups is 1. The van der Waals surface area contributed by atoms with Crippen molar-refractivity contribution in [2.75, 3.05) is 12.4 Å². The Bertz CT molecular complexity index is 1260. The normalized spacial score (nSPS) is 21.4. The van der Waals surface area contributed by atoms with E-state index in [1.807, 2.05) is 6.07 Å². The van der Waals surface area contributed by atoms with Gasteiger partial charge in [0, 0.05) is 25.6 Å². The first-order chi connectivity index (χ1) is 18.9. The molecule has 2 aliphatic rings. The van der Waals surface area contributed by atoms with Crippen molar-refractivity contribution < 1.29 is 9.90 Å². The number of nitrogens with two attached hydrogens (primary N) is 1. The Kier molecular flexibility index (Phi) is 9.67. The molecule has 39 heavy (non-hydrogen) atoms. The van der Waals surface area contributed by atoms with Gasteiger partial charge in [0.2, 0.25) is 6.41 Å². The van der Waals surface area contributed by atoms with E-state index in [1.54, 1.807) is 0 Å². The van der Waals surface area contributed by atoms with Crippen LogP contribution in [0.2, 0.25) is 0 Å². The van der Waals surface area contributed by atoms with Crippen molar-refractivity contribution in [1.82, 2.24) is 19.5 Å². The van der Waals surface area contributed by atoms with Crippen LogP contribution in [-0.2, 0) is 11.3 Å². The van der Waals surface area contributed by atoms with Crippen LogP contribution < -0.4 is 11.1 Å². The van der Waals surface area contributed by atoms with E-state index in [0.29, 0.717) is 23.9 Å². The molecule has 1 unspecified atom stereocenters. The van der Waals surface area contributed by atoms with Gasteiger partial charge in [-0.15, -0.1) is 0 Å². The molecule has 3 aromatic rings. The number of rotatable bonds is 9. The molecule has 2 heterocycles. The van der Waals surface area contributed by atoms with Crippen LogP contribution in [0.25, 0.3) is 11.2 Å². The maximum atomic E-state index is 11.0. The maximum absolute atomic E-state index is 11.0. The first-order valence-electron chi connectivity index (χ1n) is 14.3. The summed E-state index contributed by atoms with van der Waals surface area (Å²) in [5.74, 6) is 4.04. The highest BCUT2D eigenvalue weighted by Crippen LogP contribution is 2.36. The molecule has 2 atom stereocenters. The van der Waals surface area contributed by atoms with Crippen LogP contribution in [0.3, 0.4) is 0 Å². The Morgan fingerprint density at radius 2 is 1.79 bits per heavy atom. The van der Waals surface area contributed by atoms with Crippen LogP contribution in [-0.4, -0.2) is 50.0 Å². The Morgan fingerprint density at radius 1 is 1.10 bits per heavy atom. The van der Waals surface area contributed by atoms with Gasteiger partial charge in [-0.2, -0.15) is 4.99 Å². The molecule has 0 radical (unpaired) electrons. The van der Waals surface area contributed by atoms with Gasteiger partial charge in [0.1, 0.15) is 11.3 Å². The average Bonchev–Trinajstić information content (AvgIpc) is 3.28. The fourth-order valence-corrected chi connectivity index (χ4v) is 5.83. The molecule has 0 aliphatic heterocycles. The Labute approximate surface area is 231 Å². The Morgan fingerprint density at radius 3 is 2.41 bits per heavy atom. The summed E-state index contributed by atoms with van der Waals surface area (Å²) in [6, 6.07) is 10.8. The summed E-state index contributed by atoms with van der Waals surface area (Å²) in [6.45, 7) is 7.67. The Hall–Kier alpha value is -3.33. The number of hydrogen-bond acceptors (Lipinski definition) is 6. The molecule has 2 fully saturated rings. The molecule has 5 rings (SSSR count). The standard InChI is InChI=1S/C29H39N7O.CH4O/c1-18-12-14-21(15-13-18)16-36-24-26(32-20(3)23-10-7-11-23)33-28(25(30)31-17-37)34-27(24)35-29(36)19(2)22-8-5-4-6-9-22;1-2/h4-6,8-9,17-21,23H,7,10-16H2,1-3H3,(H2,30,31,37)(H,32,33,34);2H,1H3/t18?,19?,20-,21?;/m1./s1. The van der Waals surface area contributed by atoms with E-state index in [4.69, 9.17) is 25.8 Å². The maximum Gasteiger partial charge on any atom is 0.234 e. The van der Waals surface area contributed by atoms with Crippen molar-refractivity contribution in [3.63, 3.8) is 0 Å². The van der Waals surface area contributed by atoms with Crippen LogP contribution in [0.5, 0.6) is 0 Å². The monoisotopic (exact) mass is 533 g/mol. The SMILES string of the molecule is CC1CCC(Cn2c(C(C)c3ccccc3)nc3nc(C(N)=NC=O)nc(N[C@H](C)C4CCC4)c32)CC1.CO. The van der Waals surface area contributed by atoms with E-state index in [-0.39, 0.29) is 23.6 Å². The Balaban J connectivity index is 0.00000172. The van der Waals surface area contributed by atoms with Gasteiger partial charge in [0.05, 0.1) is 0 Å². The van der Waals surface area contributed by atoms with Gasteiger partial charge in [0.15, 0.2) is 23.1 Å². The first kappa shape index (κ1) is 28.7. The number of nitrogens with zero attached hydrogens (tertiary/aromatic N) is 5. The van der Waals surface area contributed by atoms with E-state index in [9.17, 15) is 4.79 Å². The highest BCUT2D eigenvalue weighted by molar-refractivity contribution is 6.00. The van der Waals surface area contributed by atoms with E-state index in [0.717, 1.165) is 36.7 Å². The smallest absolute Gasteiger partial charge is 0.234 e. The van der Waals surface area contributed by atoms with Crippen LogP contribution >= 0.6 is 0 Å². The second kappa shape index (κ2) is 13.2. The van der Waals surface area contributed by atoms with Gasteiger partial charge < -0.3 is 20.7 Å². The van der Waals surface area contributed by atoms with Crippen LogP contribution in [0, 0.1) is 17.8 Å². The number of aromatic nitrogens is 4. The van der Waals surface area contributed by atoms with Gasteiger partial charge >= 0.3 is 0 Å². The number of imidazole rings is 1. The van der Waals surface area contributed by atoms with Crippen LogP contribution in [0.15, 0.2) is 35.3 Å². The van der Waals surface area contributed by atoms with Gasteiger partial charge in [0.25, 0.3) is 0 Å². The minimum atomic E-state index is 0.00437. The second-order valence-corrected chi connectivity index (χ2v) is 11.2. The molecular weight excluding hydrogens is 490 g/mol. The average molecular weight is 534 g/mol. The van der Waals surface area contributed by atoms with Crippen molar-refractivity contribution in [3.8, 4) is 0 Å². The number of fused-ring (bicyclic) bond motifs is 1. The number of benzene rings is 1. The molecule has 0 saturated heterocycles. The fourth-order valence-electron chi connectivity index (χ4n) is 5.83. The highest BCUT2D eigenvalue weighted by Gasteiger charge is 2.29. The molecule has 2 saturated carbocycles. The zero-order chi connectivity index (χ0) is 27.9. The van der Waals surface area contributed by atoms with Crippen LogP contribution in [0.4, 0.5) is 5.82 Å². The van der Waals surface area contributed by atoms with Gasteiger partial charge in [-0.3, -0.25) is 4.79 Å². The molecule has 2 aromatic heterocycles. The molecule has 1 aromatic carbocycles. The van der Waals surface area contributed by atoms with E-state index in [2.05, 4.69) is 59.9 Å². The third-order valence-corrected chi connectivity index (χ3v) is 8.54. The lowest BCUT2D eigenvalue weighted by Crippen LogP contribution is -2.32. The summed E-state index contributed by atoms with van der Waals surface area (Å²) in [4.78, 5) is 29.4. The molecule has 0 spiro atoms. The zero-order valence-electron chi connectivity index (χ0n) is 23.7. The number of carbonyl (C=O) groups excluding carboxylic acids is 1. The van der Waals surface area contributed by atoms with Gasteiger partial charge in [-0.05, 0) is 55.9 Å². The number of hydrogen-bond donors (Lipinski definition) is 3. The topological polar surface area (TPSA) is 131 Å². The summed E-state index contributed by atoms with van der Waals surface area (Å²) >= 11 is 0. The molecule has 4 N–H and O–H groups in total. The molecule has 0 bridgehead atoms. The lowest BCUT2D eigenvalue weighted by molar-refractivity contribution is -0.106. The van der Waals surface area contributed by atoms with Crippen molar-refractivity contribution in [2.24, 2.45) is 28.5 Å². The third-order valence-electron chi connectivity index (χ3n) is 8.54. The summed E-state index contributed by atoms with van der Waals surface area (Å²) in [6.07, 6.45) is 9.13. The predicted octanol–water partition coefficient (Wildman–Crippen LogP) is 4.88. The number of aliphatic hydroxyl groups is 1. The lowest BCUT2D eigenvalue weighted by Gasteiger charge is -2.32. The molecule has 210 valence electrons. The third kappa shape index (κ3) is 6.46. The predicted molar refractivity (Wildman–Crippen MR) is 156 cm³/mol. The molecule has 1 amide bonds. The molecule has 2 aliphatic carbocycles. The number of amidine groups is 1. The van der Waals surface area contributed by atoms with E-state index < -0.39 is 0 Å². The second-order valence-electron chi connectivity index (χ2n) is 11.2. The van der Waals surface area contributed by atoms with Crippen molar-refractivity contribution in [2.45, 2.75) is 84.2 Å². The lowest BCUT2D eigenvalue weighted by atomic mass is 9.80. The summed E-state index contributed by atoms with van der Waals surface area (Å²) in [7, 11) is 1.00. The number of nitrogens with one attached hydrogen (secondary N) is 1. The highest BCUT2D eigenvalue weighted by atomic mass is 16.2.